The molecular weight excluding hydrogens is 403 g/mol. The molecule has 1 saturated heterocycles. The van der Waals surface area contributed by atoms with E-state index in [9.17, 15) is 0 Å². The van der Waals surface area contributed by atoms with Gasteiger partial charge in [-0.1, -0.05) is 60.7 Å². The highest BCUT2D eigenvalue weighted by molar-refractivity contribution is 7.80. The molecule has 1 heterocycles. The largest absolute Gasteiger partial charge is 0.497 e. The van der Waals surface area contributed by atoms with Crippen LogP contribution >= 0.6 is 7.92 Å². The molecule has 0 bridgehead atoms. The highest BCUT2D eigenvalue weighted by Gasteiger charge is 2.23. The Hall–Kier alpha value is -2.68. The van der Waals surface area contributed by atoms with Gasteiger partial charge < -0.3 is 9.47 Å². The molecule has 3 aromatic carbocycles. The summed E-state index contributed by atoms with van der Waals surface area (Å²) in [4.78, 5) is 0. The van der Waals surface area contributed by atoms with Crippen molar-refractivity contribution in [2.75, 3.05) is 27.4 Å². The number of ether oxygens (including phenoxy) is 2. The molecule has 31 heavy (non-hydrogen) atoms. The van der Waals surface area contributed by atoms with Crippen LogP contribution in [0.4, 0.5) is 0 Å². The van der Waals surface area contributed by atoms with Crippen LogP contribution in [0.5, 0.6) is 5.75 Å². The molecule has 0 aliphatic carbocycles. The molecular formula is C26H29N2O2P. The Balaban J connectivity index is 1.77. The van der Waals surface area contributed by atoms with E-state index in [-0.39, 0.29) is 0 Å². The molecule has 0 N–H and O–H groups in total. The Morgan fingerprint density at radius 1 is 0.968 bits per heavy atom. The number of methoxy groups -OCH3 is 2. The minimum atomic E-state index is -0.745. The quantitative estimate of drug-likeness (QED) is 0.400. The highest BCUT2D eigenvalue weighted by atomic mass is 31.1. The molecule has 5 heteroatoms. The van der Waals surface area contributed by atoms with Gasteiger partial charge in [-0.2, -0.15) is 5.10 Å². The van der Waals surface area contributed by atoms with Gasteiger partial charge in [0, 0.05) is 19.2 Å². The number of benzene rings is 3. The third kappa shape index (κ3) is 5.15. The average molecular weight is 433 g/mol. The van der Waals surface area contributed by atoms with Crippen molar-refractivity contribution in [1.82, 2.24) is 5.01 Å². The van der Waals surface area contributed by atoms with Crippen molar-refractivity contribution in [3.63, 3.8) is 0 Å². The minimum absolute atomic E-state index is 0.354. The van der Waals surface area contributed by atoms with Crippen molar-refractivity contribution < 1.29 is 9.47 Å². The van der Waals surface area contributed by atoms with Crippen molar-refractivity contribution in [2.45, 2.75) is 18.9 Å². The van der Waals surface area contributed by atoms with Crippen molar-refractivity contribution in [3.8, 4) is 5.75 Å². The fourth-order valence-corrected chi connectivity index (χ4v) is 6.45. The summed E-state index contributed by atoms with van der Waals surface area (Å²) in [6.07, 6.45) is 4.30. The topological polar surface area (TPSA) is 34.1 Å². The molecule has 0 spiro atoms. The van der Waals surface area contributed by atoms with E-state index in [1.807, 2.05) is 12.3 Å². The van der Waals surface area contributed by atoms with Gasteiger partial charge in [-0.25, -0.2) is 0 Å². The van der Waals surface area contributed by atoms with Crippen molar-refractivity contribution in [1.29, 1.82) is 0 Å². The number of hydrazone groups is 1. The van der Waals surface area contributed by atoms with E-state index in [1.54, 1.807) is 14.2 Å². The zero-order valence-corrected chi connectivity index (χ0v) is 19.0. The maximum absolute atomic E-state index is 5.60. The van der Waals surface area contributed by atoms with Crippen LogP contribution in [0.25, 0.3) is 0 Å². The van der Waals surface area contributed by atoms with E-state index in [0.29, 0.717) is 12.6 Å². The second-order valence-corrected chi connectivity index (χ2v) is 9.78. The second kappa shape index (κ2) is 10.6. The summed E-state index contributed by atoms with van der Waals surface area (Å²) in [7, 11) is 2.74. The van der Waals surface area contributed by atoms with Crippen LogP contribution in [0, 0.1) is 0 Å². The third-order valence-corrected chi connectivity index (χ3v) is 8.06. The lowest BCUT2D eigenvalue weighted by Crippen LogP contribution is -2.29. The van der Waals surface area contributed by atoms with Crippen LogP contribution in [0.1, 0.15) is 18.4 Å². The Bertz CT molecular complexity index is 955. The molecule has 1 aliphatic heterocycles. The summed E-state index contributed by atoms with van der Waals surface area (Å²) in [5, 5.41) is 10.9. The number of hydrogen-bond acceptors (Lipinski definition) is 4. The summed E-state index contributed by atoms with van der Waals surface area (Å²) >= 11 is 0. The predicted molar refractivity (Wildman–Crippen MR) is 131 cm³/mol. The minimum Gasteiger partial charge on any atom is -0.497 e. The van der Waals surface area contributed by atoms with Gasteiger partial charge in [0.25, 0.3) is 0 Å². The van der Waals surface area contributed by atoms with Crippen molar-refractivity contribution in [3.05, 3.63) is 84.4 Å². The Labute approximate surface area is 186 Å². The van der Waals surface area contributed by atoms with E-state index in [1.165, 1.54) is 15.9 Å². The molecule has 1 atom stereocenters. The monoisotopic (exact) mass is 432 g/mol. The van der Waals surface area contributed by atoms with Gasteiger partial charge in [0.2, 0.25) is 0 Å². The van der Waals surface area contributed by atoms with Crippen molar-refractivity contribution in [2.24, 2.45) is 5.10 Å². The van der Waals surface area contributed by atoms with Crippen LogP contribution in [-0.2, 0) is 4.74 Å². The summed E-state index contributed by atoms with van der Waals surface area (Å²) in [6.45, 7) is 1.69. The fourth-order valence-electron chi connectivity index (χ4n) is 4.01. The maximum atomic E-state index is 5.60. The molecule has 1 aliphatic rings. The van der Waals surface area contributed by atoms with Crippen molar-refractivity contribution >= 4 is 30.0 Å². The van der Waals surface area contributed by atoms with Crippen LogP contribution < -0.4 is 20.7 Å². The van der Waals surface area contributed by atoms with E-state index >= 15 is 0 Å². The van der Waals surface area contributed by atoms with Crippen LogP contribution in [0.2, 0.25) is 0 Å². The first-order valence-corrected chi connectivity index (χ1v) is 12.0. The predicted octanol–water partition coefficient (Wildman–Crippen LogP) is 3.90. The smallest absolute Gasteiger partial charge is 0.119 e. The van der Waals surface area contributed by atoms with E-state index in [0.717, 1.165) is 30.7 Å². The maximum Gasteiger partial charge on any atom is 0.119 e. The first-order valence-electron chi connectivity index (χ1n) is 10.7. The van der Waals surface area contributed by atoms with Crippen LogP contribution in [0.15, 0.2) is 84.0 Å². The molecule has 0 radical (unpaired) electrons. The molecule has 4 rings (SSSR count). The Kier molecular flexibility index (Phi) is 7.35. The molecule has 160 valence electrons. The average Bonchev–Trinajstić information content (AvgIpc) is 3.27. The van der Waals surface area contributed by atoms with Crippen LogP contribution in [0.3, 0.4) is 0 Å². The normalized spacial score (nSPS) is 16.4. The van der Waals surface area contributed by atoms with Gasteiger partial charge in [-0.05, 0) is 54.9 Å². The number of nitrogens with zero attached hydrogens (tertiary/aromatic N) is 2. The second-order valence-electron chi connectivity index (χ2n) is 7.59. The lowest BCUT2D eigenvalue weighted by molar-refractivity contribution is 0.118. The van der Waals surface area contributed by atoms with Crippen LogP contribution in [-0.4, -0.2) is 44.6 Å². The summed E-state index contributed by atoms with van der Waals surface area (Å²) in [5.41, 5.74) is 1.13. The Morgan fingerprint density at radius 3 is 2.26 bits per heavy atom. The molecule has 4 nitrogen and oxygen atoms in total. The Morgan fingerprint density at radius 2 is 1.65 bits per heavy atom. The lowest BCUT2D eigenvalue weighted by Gasteiger charge is -2.23. The van der Waals surface area contributed by atoms with E-state index < -0.39 is 7.92 Å². The molecule has 1 fully saturated rings. The fraction of sp³-hybridized carbons (Fsp3) is 0.269. The van der Waals surface area contributed by atoms with Gasteiger partial charge in [0.1, 0.15) is 5.75 Å². The highest BCUT2D eigenvalue weighted by Crippen LogP contribution is 2.35. The number of rotatable bonds is 8. The first kappa shape index (κ1) is 21.5. The van der Waals surface area contributed by atoms with E-state index in [2.05, 4.69) is 77.8 Å². The lowest BCUT2D eigenvalue weighted by atomic mass is 10.2. The standard InChI is InChI=1S/C26H29N2O2P/c1-29-20-22-10-9-17-28(22)27-19-21-15-16-23(30-2)18-26(21)31(24-11-5-3-6-12-24)25-13-7-4-8-14-25/h3-8,11-16,18-19,22H,9-10,17,20H2,1-2H3/b27-19+/t22-/m0/s1. The van der Waals surface area contributed by atoms with Gasteiger partial charge >= 0.3 is 0 Å². The SMILES string of the molecule is COC[C@@H]1CCCN1/N=C/c1ccc(OC)cc1P(c1ccccc1)c1ccccc1. The van der Waals surface area contributed by atoms with Gasteiger partial charge in [-0.15, -0.1) is 0 Å². The molecule has 0 saturated carbocycles. The van der Waals surface area contributed by atoms with Gasteiger partial charge in [-0.3, -0.25) is 5.01 Å². The summed E-state index contributed by atoms with van der Waals surface area (Å²) in [6, 6.07) is 28.1. The zero-order valence-electron chi connectivity index (χ0n) is 18.1. The molecule has 0 unspecified atom stereocenters. The molecule has 3 aromatic rings. The third-order valence-electron chi connectivity index (χ3n) is 5.56. The summed E-state index contributed by atoms with van der Waals surface area (Å²) < 4.78 is 11.0. The number of hydrogen-bond donors (Lipinski definition) is 0. The van der Waals surface area contributed by atoms with Gasteiger partial charge in [0.15, 0.2) is 0 Å². The first-order chi connectivity index (χ1) is 15.3. The molecule has 0 amide bonds. The zero-order chi connectivity index (χ0) is 21.5. The van der Waals surface area contributed by atoms with Gasteiger partial charge in [0.05, 0.1) is 26.0 Å². The van der Waals surface area contributed by atoms with E-state index in [4.69, 9.17) is 14.6 Å². The molecule has 0 aromatic heterocycles. The summed E-state index contributed by atoms with van der Waals surface area (Å²) in [5.74, 6) is 0.866.